The van der Waals surface area contributed by atoms with Gasteiger partial charge in [0.1, 0.15) is 5.60 Å². The molecule has 0 unspecified atom stereocenters. The van der Waals surface area contributed by atoms with Gasteiger partial charge in [-0.1, -0.05) is 30.3 Å². The summed E-state index contributed by atoms with van der Waals surface area (Å²) in [6.07, 6.45) is -0.570. The quantitative estimate of drug-likeness (QED) is 0.475. The molecule has 0 radical (unpaired) electrons. The molecule has 1 N–H and O–H groups in total. The third-order valence-electron chi connectivity index (χ3n) is 5.77. The molecule has 2 amide bonds. The second-order valence-corrected chi connectivity index (χ2v) is 9.65. The number of aliphatic hydroxyl groups excluding tert-OH is 1. The van der Waals surface area contributed by atoms with E-state index >= 15 is 4.39 Å². The van der Waals surface area contributed by atoms with E-state index < -0.39 is 46.7 Å². The average molecular weight is 503 g/mol. The van der Waals surface area contributed by atoms with Crippen LogP contribution in [0.5, 0.6) is 0 Å². The van der Waals surface area contributed by atoms with Crippen LogP contribution in [0.25, 0.3) is 0 Å². The van der Waals surface area contributed by atoms with Crippen LogP contribution in [0.3, 0.4) is 0 Å². The lowest BCUT2D eigenvalue weighted by atomic mass is 10.1. The molecule has 194 valence electrons. The van der Waals surface area contributed by atoms with Crippen molar-refractivity contribution < 1.29 is 28.7 Å². The highest BCUT2D eigenvalue weighted by molar-refractivity contribution is 5.97. The molecule has 1 heterocycles. The Kier molecular flexibility index (Phi) is 8.13. The Morgan fingerprint density at radius 1 is 1.19 bits per heavy atom. The minimum absolute atomic E-state index is 0.00647. The van der Waals surface area contributed by atoms with Crippen molar-refractivity contribution in [2.75, 3.05) is 38.2 Å². The fourth-order valence-corrected chi connectivity index (χ4v) is 4.09. The fraction of sp³-hybridized carbons (Fsp3) is 0.440. The summed E-state index contributed by atoms with van der Waals surface area (Å²) in [7, 11) is 1.52. The topological polar surface area (TPSA) is 116 Å². The number of nitro groups is 1. The molecular weight excluding hydrogens is 471 g/mol. The first-order chi connectivity index (χ1) is 16.9. The Morgan fingerprint density at radius 2 is 1.86 bits per heavy atom. The lowest BCUT2D eigenvalue weighted by Gasteiger charge is -2.41. The zero-order valence-electron chi connectivity index (χ0n) is 20.8. The molecular formula is C25H31FN4O6. The number of ether oxygens (including phenoxy) is 1. The van der Waals surface area contributed by atoms with E-state index in [1.165, 1.54) is 21.7 Å². The maximum atomic E-state index is 15.7. The van der Waals surface area contributed by atoms with Crippen LogP contribution in [0, 0.1) is 15.9 Å². The number of amides is 2. The molecule has 0 aliphatic carbocycles. The van der Waals surface area contributed by atoms with E-state index in [4.69, 9.17) is 4.74 Å². The Bertz CT molecular complexity index is 1120. The first-order valence-corrected chi connectivity index (χ1v) is 11.5. The van der Waals surface area contributed by atoms with Crippen LogP contribution in [-0.2, 0) is 11.3 Å². The van der Waals surface area contributed by atoms with Gasteiger partial charge < -0.3 is 24.5 Å². The highest BCUT2D eigenvalue weighted by Crippen LogP contribution is 2.34. The zero-order chi connectivity index (χ0) is 26.6. The van der Waals surface area contributed by atoms with E-state index in [1.807, 2.05) is 18.2 Å². The van der Waals surface area contributed by atoms with Crippen LogP contribution in [0.4, 0.5) is 20.6 Å². The second-order valence-electron chi connectivity index (χ2n) is 9.65. The van der Waals surface area contributed by atoms with Crippen molar-refractivity contribution in [3.8, 4) is 0 Å². The average Bonchev–Trinajstić information content (AvgIpc) is 2.82. The number of carbonyl (C=O) groups is 2. The SMILES string of the molecule is CN(Cc1ccccc1)c1c([N+](=O)[O-])ccc(C(=O)N2CCN(C(=O)OC(C)(C)C)C[C@H]2CO)c1F. The van der Waals surface area contributed by atoms with Gasteiger partial charge in [-0.15, -0.1) is 0 Å². The van der Waals surface area contributed by atoms with E-state index in [0.717, 1.165) is 17.7 Å². The van der Waals surface area contributed by atoms with Crippen molar-refractivity contribution in [3.05, 3.63) is 69.5 Å². The number of aliphatic hydroxyl groups is 1. The van der Waals surface area contributed by atoms with Crippen LogP contribution in [0.1, 0.15) is 36.7 Å². The summed E-state index contributed by atoms with van der Waals surface area (Å²) in [5, 5.41) is 21.6. The molecule has 1 atom stereocenters. The van der Waals surface area contributed by atoms with E-state index in [2.05, 4.69) is 0 Å². The highest BCUT2D eigenvalue weighted by Gasteiger charge is 2.36. The van der Waals surface area contributed by atoms with Gasteiger partial charge in [0.05, 0.1) is 23.1 Å². The van der Waals surface area contributed by atoms with E-state index in [-0.39, 0.29) is 37.4 Å². The lowest BCUT2D eigenvalue weighted by molar-refractivity contribution is -0.384. The zero-order valence-corrected chi connectivity index (χ0v) is 20.8. The fourth-order valence-electron chi connectivity index (χ4n) is 4.09. The normalized spacial score (nSPS) is 16.0. The summed E-state index contributed by atoms with van der Waals surface area (Å²) < 4.78 is 21.1. The molecule has 10 nitrogen and oxygen atoms in total. The van der Waals surface area contributed by atoms with Crippen LogP contribution in [0.2, 0.25) is 0 Å². The number of hydrogen-bond acceptors (Lipinski definition) is 7. The number of benzene rings is 2. The van der Waals surface area contributed by atoms with Crippen molar-refractivity contribution >= 4 is 23.4 Å². The maximum Gasteiger partial charge on any atom is 0.410 e. The number of rotatable bonds is 6. The van der Waals surface area contributed by atoms with Gasteiger partial charge in [0.15, 0.2) is 11.5 Å². The number of nitrogens with zero attached hydrogens (tertiary/aromatic N) is 4. The van der Waals surface area contributed by atoms with Gasteiger partial charge in [-0.2, -0.15) is 0 Å². The molecule has 0 aromatic heterocycles. The number of carbonyl (C=O) groups excluding carboxylic acids is 2. The largest absolute Gasteiger partial charge is 0.444 e. The summed E-state index contributed by atoms with van der Waals surface area (Å²) in [6, 6.07) is 10.5. The molecule has 11 heteroatoms. The van der Waals surface area contributed by atoms with Crippen LogP contribution < -0.4 is 4.90 Å². The highest BCUT2D eigenvalue weighted by atomic mass is 19.1. The first kappa shape index (κ1) is 26.9. The van der Waals surface area contributed by atoms with E-state index in [1.54, 1.807) is 32.9 Å². The number of anilines is 1. The van der Waals surface area contributed by atoms with Gasteiger partial charge in [-0.3, -0.25) is 14.9 Å². The summed E-state index contributed by atoms with van der Waals surface area (Å²) >= 11 is 0. The van der Waals surface area contributed by atoms with Crippen LogP contribution >= 0.6 is 0 Å². The molecule has 1 saturated heterocycles. The van der Waals surface area contributed by atoms with Gasteiger partial charge >= 0.3 is 6.09 Å². The molecule has 2 aromatic rings. The Balaban J connectivity index is 1.88. The van der Waals surface area contributed by atoms with Gasteiger partial charge in [0.25, 0.3) is 11.6 Å². The Hall–Kier alpha value is -3.73. The van der Waals surface area contributed by atoms with Crippen molar-refractivity contribution in [1.29, 1.82) is 0 Å². The molecule has 2 aromatic carbocycles. The minimum Gasteiger partial charge on any atom is -0.444 e. The van der Waals surface area contributed by atoms with Gasteiger partial charge in [-0.05, 0) is 32.4 Å². The molecule has 1 fully saturated rings. The third-order valence-corrected chi connectivity index (χ3v) is 5.77. The molecule has 0 spiro atoms. The number of hydrogen-bond donors (Lipinski definition) is 1. The monoisotopic (exact) mass is 502 g/mol. The molecule has 3 rings (SSSR count). The lowest BCUT2D eigenvalue weighted by Crippen LogP contribution is -2.58. The Morgan fingerprint density at radius 3 is 2.44 bits per heavy atom. The molecule has 0 saturated carbocycles. The Labute approximate surface area is 209 Å². The van der Waals surface area contributed by atoms with Crippen molar-refractivity contribution in [3.63, 3.8) is 0 Å². The van der Waals surface area contributed by atoms with E-state index in [9.17, 15) is 24.8 Å². The minimum atomic E-state index is -1.01. The van der Waals surface area contributed by atoms with Gasteiger partial charge in [0, 0.05) is 39.3 Å². The summed E-state index contributed by atoms with van der Waals surface area (Å²) in [5.41, 5.74) is -1.01. The number of piperazine rings is 1. The van der Waals surface area contributed by atoms with Gasteiger partial charge in [0.2, 0.25) is 0 Å². The van der Waals surface area contributed by atoms with Crippen LogP contribution in [0.15, 0.2) is 42.5 Å². The summed E-state index contributed by atoms with van der Waals surface area (Å²) in [6.45, 7) is 5.10. The van der Waals surface area contributed by atoms with Crippen molar-refractivity contribution in [1.82, 2.24) is 9.80 Å². The van der Waals surface area contributed by atoms with Crippen LogP contribution in [-0.4, -0.2) is 76.8 Å². The summed E-state index contributed by atoms with van der Waals surface area (Å²) in [4.78, 5) is 40.8. The first-order valence-electron chi connectivity index (χ1n) is 11.5. The standard InChI is InChI=1S/C25H31FN4O6/c1-25(2,3)36-24(33)28-12-13-29(18(15-28)16-31)23(32)19-10-11-20(30(34)35)22(21(19)26)27(4)14-17-8-6-5-7-9-17/h5-11,18,31H,12-16H2,1-4H3/t18-/m0/s1. The molecule has 1 aliphatic heterocycles. The van der Waals surface area contributed by atoms with Gasteiger partial charge in [-0.25, -0.2) is 9.18 Å². The molecule has 36 heavy (non-hydrogen) atoms. The molecule has 0 bridgehead atoms. The predicted octanol–water partition coefficient (Wildman–Crippen LogP) is 3.42. The maximum absolute atomic E-state index is 15.7. The summed E-state index contributed by atoms with van der Waals surface area (Å²) in [5.74, 6) is -1.74. The smallest absolute Gasteiger partial charge is 0.410 e. The van der Waals surface area contributed by atoms with E-state index in [0.29, 0.717) is 0 Å². The molecule has 1 aliphatic rings. The van der Waals surface area contributed by atoms with Crippen molar-refractivity contribution in [2.45, 2.75) is 39.0 Å². The third kappa shape index (κ3) is 6.09. The second kappa shape index (κ2) is 10.9. The predicted molar refractivity (Wildman–Crippen MR) is 131 cm³/mol. The number of nitro benzene ring substituents is 1. The number of halogens is 1. The van der Waals surface area contributed by atoms with Crippen molar-refractivity contribution in [2.24, 2.45) is 0 Å².